The summed E-state index contributed by atoms with van der Waals surface area (Å²) < 4.78 is 0.992. The van der Waals surface area contributed by atoms with Crippen LogP contribution < -0.4 is 11.1 Å². The number of nitrogens with one attached hydrogen (secondary N) is 2. The number of benzene rings is 1. The third-order valence-electron chi connectivity index (χ3n) is 4.09. The fourth-order valence-corrected chi connectivity index (χ4v) is 2.71. The fraction of sp³-hybridized carbons (Fsp3) is 0.200. The van der Waals surface area contributed by atoms with Crippen LogP contribution in [0.25, 0.3) is 22.6 Å². The molecule has 8 heteroatoms. The minimum atomic E-state index is -0.688. The molecule has 0 bridgehead atoms. The Balaban J connectivity index is 1.84. The average molecular weight is 309 g/mol. The van der Waals surface area contributed by atoms with Gasteiger partial charge in [0.1, 0.15) is 5.69 Å². The molecule has 3 aromatic rings. The van der Waals surface area contributed by atoms with Gasteiger partial charge in [0.05, 0.1) is 16.4 Å². The molecule has 0 saturated carbocycles. The summed E-state index contributed by atoms with van der Waals surface area (Å²) in [4.78, 5) is 30.7. The predicted octanol–water partition coefficient (Wildman–Crippen LogP) is 1.38. The number of H-pyrrole nitrogens is 1. The van der Waals surface area contributed by atoms with E-state index in [4.69, 9.17) is 5.73 Å². The van der Waals surface area contributed by atoms with E-state index < -0.39 is 11.4 Å². The van der Waals surface area contributed by atoms with Gasteiger partial charge in [0.2, 0.25) is 5.91 Å². The van der Waals surface area contributed by atoms with Crippen molar-refractivity contribution in [3.05, 3.63) is 30.0 Å². The van der Waals surface area contributed by atoms with E-state index in [0.29, 0.717) is 17.0 Å². The molecule has 0 saturated heterocycles. The summed E-state index contributed by atoms with van der Waals surface area (Å²) in [5.41, 5.74) is 8.11. The fourth-order valence-electron chi connectivity index (χ4n) is 2.71. The van der Waals surface area contributed by atoms with Gasteiger partial charge in [0, 0.05) is 18.0 Å². The van der Waals surface area contributed by atoms with Crippen molar-refractivity contribution in [1.82, 2.24) is 19.7 Å². The Morgan fingerprint density at radius 1 is 1.39 bits per heavy atom. The van der Waals surface area contributed by atoms with Gasteiger partial charge in [-0.2, -0.15) is 9.78 Å². The van der Waals surface area contributed by atoms with Crippen molar-refractivity contribution in [2.75, 3.05) is 5.32 Å². The number of fused-ring (bicyclic) bond motifs is 2. The summed E-state index contributed by atoms with van der Waals surface area (Å²) >= 11 is 0. The number of hydrogen-bond donors (Lipinski definition) is 3. The summed E-state index contributed by atoms with van der Waals surface area (Å²) in [6, 6.07) is 5.87. The quantitative estimate of drug-likeness (QED) is 0.629. The van der Waals surface area contributed by atoms with Crippen LogP contribution in [-0.4, -0.2) is 31.7 Å². The van der Waals surface area contributed by atoms with Crippen LogP contribution >= 0.6 is 0 Å². The molecular formula is C15H13N6O2. The molecule has 1 aliphatic heterocycles. The highest BCUT2D eigenvalue weighted by atomic mass is 16.2. The monoisotopic (exact) mass is 309 g/mol. The Bertz CT molecular complexity index is 981. The maximum atomic E-state index is 12.0. The zero-order valence-corrected chi connectivity index (χ0v) is 12.5. The lowest BCUT2D eigenvalue weighted by Gasteiger charge is -2.14. The molecule has 1 aliphatic rings. The van der Waals surface area contributed by atoms with Crippen LogP contribution in [0.3, 0.4) is 0 Å². The summed E-state index contributed by atoms with van der Waals surface area (Å²) in [7, 11) is 0. The average Bonchev–Trinajstić information content (AvgIpc) is 3.15. The normalized spacial score (nSPS) is 15.7. The molecule has 2 aromatic heterocycles. The largest absolute Gasteiger partial charge is 0.350 e. The van der Waals surface area contributed by atoms with Crippen molar-refractivity contribution < 1.29 is 9.59 Å². The Labute approximate surface area is 130 Å². The number of nitrogens with two attached hydrogens (primary N) is 1. The smallest absolute Gasteiger partial charge is 0.339 e. The number of amides is 2. The summed E-state index contributed by atoms with van der Waals surface area (Å²) in [6.45, 7) is 3.75. The molecule has 1 aromatic carbocycles. The summed E-state index contributed by atoms with van der Waals surface area (Å²) in [6.07, 6.45) is 1.36. The van der Waals surface area contributed by atoms with E-state index in [1.807, 2.05) is 26.0 Å². The van der Waals surface area contributed by atoms with Crippen LogP contribution in [0.15, 0.2) is 18.3 Å². The Hall–Kier alpha value is -3.16. The third kappa shape index (κ3) is 1.84. The number of rotatable bonds is 1. The van der Waals surface area contributed by atoms with Crippen molar-refractivity contribution in [2.24, 2.45) is 5.73 Å². The predicted molar refractivity (Wildman–Crippen MR) is 82.8 cm³/mol. The first-order valence-corrected chi connectivity index (χ1v) is 6.99. The van der Waals surface area contributed by atoms with Crippen molar-refractivity contribution in [2.45, 2.75) is 19.3 Å². The molecule has 4 rings (SSSR count). The SMILES string of the molecule is CC1(C)C(=O)Nc2cc3nc(-c4[c]cn(C(N)=O)n4)[nH]c3cc21. The number of aromatic nitrogens is 4. The van der Waals surface area contributed by atoms with Crippen LogP contribution in [0.1, 0.15) is 19.4 Å². The standard InChI is InChI=1S/C15H13N6O2/c1-15(2)7-5-10-11(6-9(7)19-13(15)22)18-12(17-10)8-3-4-21(20-8)14(16)23/h4-6H,1-2H3,(H2,16,23)(H,17,18)(H,19,22). The van der Waals surface area contributed by atoms with Crippen molar-refractivity contribution in [1.29, 1.82) is 0 Å². The number of nitrogens with zero attached hydrogens (tertiary/aromatic N) is 3. The number of primary amides is 1. The van der Waals surface area contributed by atoms with Gasteiger partial charge >= 0.3 is 6.03 Å². The van der Waals surface area contributed by atoms with Crippen LogP contribution in [0.2, 0.25) is 0 Å². The summed E-state index contributed by atoms with van der Waals surface area (Å²) in [5.74, 6) is 0.446. The minimum absolute atomic E-state index is 0.0334. The maximum Gasteiger partial charge on any atom is 0.339 e. The number of imidazole rings is 1. The molecule has 0 unspecified atom stereocenters. The van der Waals surface area contributed by atoms with Crippen molar-refractivity contribution in [3.8, 4) is 11.5 Å². The molecule has 0 atom stereocenters. The minimum Gasteiger partial charge on any atom is -0.350 e. The highest BCUT2D eigenvalue weighted by Gasteiger charge is 2.38. The molecule has 0 spiro atoms. The molecule has 2 amide bonds. The Kier molecular flexibility index (Phi) is 2.46. The second kappa shape index (κ2) is 4.19. The lowest BCUT2D eigenvalue weighted by atomic mass is 9.86. The Morgan fingerprint density at radius 2 is 2.17 bits per heavy atom. The lowest BCUT2D eigenvalue weighted by molar-refractivity contribution is -0.119. The van der Waals surface area contributed by atoms with Crippen LogP contribution in [0, 0.1) is 6.07 Å². The van der Waals surface area contributed by atoms with Crippen LogP contribution in [0.5, 0.6) is 0 Å². The van der Waals surface area contributed by atoms with Gasteiger partial charge in [-0.05, 0) is 31.5 Å². The second-order valence-corrected chi connectivity index (χ2v) is 5.98. The van der Waals surface area contributed by atoms with Crippen LogP contribution in [-0.2, 0) is 10.2 Å². The van der Waals surface area contributed by atoms with Gasteiger partial charge < -0.3 is 16.0 Å². The molecule has 4 N–H and O–H groups in total. The van der Waals surface area contributed by atoms with E-state index in [1.54, 1.807) is 0 Å². The molecule has 8 nitrogen and oxygen atoms in total. The van der Waals surface area contributed by atoms with E-state index in [2.05, 4.69) is 26.4 Å². The maximum absolute atomic E-state index is 12.0. The molecule has 0 aliphatic carbocycles. The van der Waals surface area contributed by atoms with Gasteiger partial charge in [-0.1, -0.05) is 0 Å². The highest BCUT2D eigenvalue weighted by Crippen LogP contribution is 2.39. The van der Waals surface area contributed by atoms with Crippen LogP contribution in [0.4, 0.5) is 10.5 Å². The molecule has 115 valence electrons. The van der Waals surface area contributed by atoms with Crippen molar-refractivity contribution in [3.63, 3.8) is 0 Å². The van der Waals surface area contributed by atoms with Gasteiger partial charge in [-0.15, -0.1) is 0 Å². The van der Waals surface area contributed by atoms with Gasteiger partial charge in [0.25, 0.3) is 0 Å². The number of anilines is 1. The first-order valence-electron chi connectivity index (χ1n) is 6.99. The molecule has 23 heavy (non-hydrogen) atoms. The zero-order valence-electron chi connectivity index (χ0n) is 12.5. The van der Waals surface area contributed by atoms with E-state index in [9.17, 15) is 9.59 Å². The topological polar surface area (TPSA) is 119 Å². The molecular weight excluding hydrogens is 296 g/mol. The number of hydrogen-bond acceptors (Lipinski definition) is 4. The third-order valence-corrected chi connectivity index (χ3v) is 4.09. The van der Waals surface area contributed by atoms with Crippen molar-refractivity contribution >= 4 is 28.7 Å². The number of carbonyl (C=O) groups is 2. The molecule has 0 fully saturated rings. The van der Waals surface area contributed by atoms with E-state index in [0.717, 1.165) is 21.4 Å². The second-order valence-electron chi connectivity index (χ2n) is 5.98. The molecule has 3 heterocycles. The highest BCUT2D eigenvalue weighted by molar-refractivity contribution is 6.07. The van der Waals surface area contributed by atoms with Gasteiger partial charge in [0.15, 0.2) is 5.82 Å². The molecule has 1 radical (unpaired) electrons. The Morgan fingerprint density at radius 3 is 2.87 bits per heavy atom. The van der Waals surface area contributed by atoms with E-state index in [-0.39, 0.29) is 5.91 Å². The van der Waals surface area contributed by atoms with Gasteiger partial charge in [-0.25, -0.2) is 9.78 Å². The zero-order chi connectivity index (χ0) is 16.4. The number of aromatic amines is 1. The van der Waals surface area contributed by atoms with Gasteiger partial charge in [-0.3, -0.25) is 4.79 Å². The first kappa shape index (κ1) is 13.5. The first-order chi connectivity index (χ1) is 10.9. The van der Waals surface area contributed by atoms with E-state index in [1.165, 1.54) is 6.20 Å². The summed E-state index contributed by atoms with van der Waals surface area (Å²) in [5, 5.41) is 6.88. The van der Waals surface area contributed by atoms with E-state index >= 15 is 0 Å². The lowest BCUT2D eigenvalue weighted by Crippen LogP contribution is -2.26. The number of carbonyl (C=O) groups excluding carboxylic acids is 2.